The second-order valence-electron chi connectivity index (χ2n) is 9.38. The molecule has 44 heavy (non-hydrogen) atoms. The molecule has 4 aromatic rings. The Kier molecular flexibility index (Phi) is 10.8. The van der Waals surface area contributed by atoms with Crippen molar-refractivity contribution in [2.45, 2.75) is 11.8 Å². The Morgan fingerprint density at radius 1 is 0.864 bits per heavy atom. The number of carbonyl (C=O) groups is 2. The van der Waals surface area contributed by atoms with Crippen LogP contribution in [0.5, 0.6) is 11.5 Å². The number of anilines is 2. The molecular weight excluding hydrogens is 627 g/mol. The Balaban J connectivity index is 1.35. The van der Waals surface area contributed by atoms with E-state index in [1.165, 1.54) is 36.5 Å². The predicted molar refractivity (Wildman–Crippen MR) is 171 cm³/mol. The lowest BCUT2D eigenvalue weighted by atomic mass is 10.2. The van der Waals surface area contributed by atoms with E-state index >= 15 is 0 Å². The molecule has 13 heteroatoms. The molecule has 4 rings (SSSR count). The lowest BCUT2D eigenvalue weighted by Gasteiger charge is -2.24. The topological polar surface area (TPSA) is 126 Å². The SMILES string of the molecule is COc1ccc(NC(=O)COc2ccc(/C=N\NC(=O)CN(c3cc(Cl)cc(Cl)c3)S(=O)(=O)c3ccc(C)cc3)cc2)cc1. The van der Waals surface area contributed by atoms with Gasteiger partial charge in [0.25, 0.3) is 21.8 Å². The normalized spacial score (nSPS) is 11.2. The van der Waals surface area contributed by atoms with Crippen LogP contribution in [-0.2, 0) is 19.6 Å². The van der Waals surface area contributed by atoms with Gasteiger partial charge in [-0.25, -0.2) is 13.8 Å². The van der Waals surface area contributed by atoms with Gasteiger partial charge in [-0.15, -0.1) is 0 Å². The molecule has 2 amide bonds. The van der Waals surface area contributed by atoms with E-state index in [-0.39, 0.29) is 33.1 Å². The molecule has 2 N–H and O–H groups in total. The van der Waals surface area contributed by atoms with E-state index in [0.717, 1.165) is 9.87 Å². The molecule has 0 radical (unpaired) electrons. The number of hydrogen-bond acceptors (Lipinski definition) is 7. The van der Waals surface area contributed by atoms with Crippen LogP contribution < -0.4 is 24.5 Å². The Morgan fingerprint density at radius 2 is 1.48 bits per heavy atom. The maximum atomic E-state index is 13.5. The second-order valence-corrected chi connectivity index (χ2v) is 12.1. The minimum absolute atomic E-state index is 0.00368. The number of halogens is 2. The molecule has 0 aliphatic rings. The van der Waals surface area contributed by atoms with Crippen LogP contribution in [0.4, 0.5) is 11.4 Å². The van der Waals surface area contributed by atoms with E-state index < -0.39 is 22.5 Å². The molecule has 0 heterocycles. The second kappa shape index (κ2) is 14.7. The molecule has 10 nitrogen and oxygen atoms in total. The number of carbonyl (C=O) groups excluding carboxylic acids is 2. The van der Waals surface area contributed by atoms with Crippen molar-refractivity contribution in [3.05, 3.63) is 112 Å². The average molecular weight is 656 g/mol. The summed E-state index contributed by atoms with van der Waals surface area (Å²) < 4.78 is 38.6. The molecule has 0 fully saturated rings. The van der Waals surface area contributed by atoms with Crippen molar-refractivity contribution in [3.8, 4) is 11.5 Å². The van der Waals surface area contributed by atoms with Gasteiger partial charge in [-0.05, 0) is 91.3 Å². The molecule has 0 aliphatic heterocycles. The summed E-state index contributed by atoms with van der Waals surface area (Å²) in [7, 11) is -2.60. The van der Waals surface area contributed by atoms with Crippen LogP contribution in [0.3, 0.4) is 0 Å². The molecule has 228 valence electrons. The fourth-order valence-electron chi connectivity index (χ4n) is 3.85. The van der Waals surface area contributed by atoms with Crippen molar-refractivity contribution in [1.29, 1.82) is 0 Å². The molecule has 0 atom stereocenters. The Bertz CT molecular complexity index is 1730. The molecule has 0 saturated carbocycles. The maximum absolute atomic E-state index is 13.5. The highest BCUT2D eigenvalue weighted by atomic mass is 35.5. The number of amides is 2. The zero-order valence-corrected chi connectivity index (χ0v) is 26.0. The Hall–Kier alpha value is -4.58. The largest absolute Gasteiger partial charge is 0.497 e. The summed E-state index contributed by atoms with van der Waals surface area (Å²) >= 11 is 12.2. The Labute approximate surface area is 265 Å². The third kappa shape index (κ3) is 8.96. The summed E-state index contributed by atoms with van der Waals surface area (Å²) in [5.41, 5.74) is 4.57. The molecule has 0 bridgehead atoms. The van der Waals surface area contributed by atoms with Crippen LogP contribution in [0, 0.1) is 6.92 Å². The number of benzene rings is 4. The van der Waals surface area contributed by atoms with Crippen LogP contribution in [0.25, 0.3) is 0 Å². The molecule has 0 aliphatic carbocycles. The lowest BCUT2D eigenvalue weighted by Crippen LogP contribution is -2.39. The van der Waals surface area contributed by atoms with Gasteiger partial charge < -0.3 is 14.8 Å². The highest BCUT2D eigenvalue weighted by molar-refractivity contribution is 7.92. The molecule has 0 aromatic heterocycles. The van der Waals surface area contributed by atoms with E-state index in [1.807, 2.05) is 6.92 Å². The highest BCUT2D eigenvalue weighted by Crippen LogP contribution is 2.29. The van der Waals surface area contributed by atoms with Gasteiger partial charge >= 0.3 is 0 Å². The number of methoxy groups -OCH3 is 1. The number of ether oxygens (including phenoxy) is 2. The third-order valence-corrected chi connectivity index (χ3v) is 8.28. The summed E-state index contributed by atoms with van der Waals surface area (Å²) in [6, 6.07) is 24.0. The minimum atomic E-state index is -4.16. The number of aryl methyl sites for hydroxylation is 1. The number of rotatable bonds is 12. The fourth-order valence-corrected chi connectivity index (χ4v) is 5.77. The number of hydrazone groups is 1. The van der Waals surface area contributed by atoms with Gasteiger partial charge in [0.05, 0.1) is 23.9 Å². The van der Waals surface area contributed by atoms with E-state index in [2.05, 4.69) is 15.8 Å². The zero-order chi connectivity index (χ0) is 31.7. The minimum Gasteiger partial charge on any atom is -0.497 e. The van der Waals surface area contributed by atoms with Crippen molar-refractivity contribution >= 4 is 62.6 Å². The Morgan fingerprint density at radius 3 is 2.09 bits per heavy atom. The van der Waals surface area contributed by atoms with Crippen molar-refractivity contribution in [2.75, 3.05) is 29.9 Å². The van der Waals surface area contributed by atoms with Crippen LogP contribution in [0.1, 0.15) is 11.1 Å². The standard InChI is InChI=1S/C31H28Cl2N4O6S/c1-21-3-13-29(14-4-21)44(40,41)37(26-16-23(32)15-24(33)17-26)19-30(38)36-34-18-22-5-9-28(10-6-22)43-20-31(39)35-25-7-11-27(42-2)12-8-25/h3-18H,19-20H2,1-2H3,(H,35,39)(H,36,38)/b34-18-. The van der Waals surface area contributed by atoms with Crippen LogP contribution >= 0.6 is 23.2 Å². The van der Waals surface area contributed by atoms with Crippen molar-refractivity contribution in [3.63, 3.8) is 0 Å². The first-order chi connectivity index (χ1) is 21.0. The smallest absolute Gasteiger partial charge is 0.264 e. The summed E-state index contributed by atoms with van der Waals surface area (Å²) in [5, 5.41) is 7.09. The summed E-state index contributed by atoms with van der Waals surface area (Å²) in [6.45, 7) is 1.05. The van der Waals surface area contributed by atoms with E-state index in [0.29, 0.717) is 22.7 Å². The lowest BCUT2D eigenvalue weighted by molar-refractivity contribution is -0.119. The van der Waals surface area contributed by atoms with Crippen molar-refractivity contribution < 1.29 is 27.5 Å². The monoisotopic (exact) mass is 654 g/mol. The number of sulfonamides is 1. The first-order valence-electron chi connectivity index (χ1n) is 13.1. The molecule has 0 spiro atoms. The van der Waals surface area contributed by atoms with E-state index in [4.69, 9.17) is 32.7 Å². The third-order valence-electron chi connectivity index (χ3n) is 6.06. The summed E-state index contributed by atoms with van der Waals surface area (Å²) in [6.07, 6.45) is 1.38. The van der Waals surface area contributed by atoms with Crippen molar-refractivity contribution in [2.24, 2.45) is 5.10 Å². The van der Waals surface area contributed by atoms with Gasteiger partial charge in [0.15, 0.2) is 6.61 Å². The van der Waals surface area contributed by atoms with Gasteiger partial charge in [0, 0.05) is 15.7 Å². The zero-order valence-electron chi connectivity index (χ0n) is 23.7. The van der Waals surface area contributed by atoms with Crippen molar-refractivity contribution in [1.82, 2.24) is 5.43 Å². The predicted octanol–water partition coefficient (Wildman–Crippen LogP) is 5.67. The number of nitrogens with one attached hydrogen (secondary N) is 2. The van der Waals surface area contributed by atoms with E-state index in [9.17, 15) is 18.0 Å². The number of hydrogen-bond donors (Lipinski definition) is 2. The summed E-state index contributed by atoms with van der Waals surface area (Å²) in [4.78, 5) is 25.0. The van der Waals surface area contributed by atoms with Crippen LogP contribution in [0.2, 0.25) is 10.0 Å². The molecular formula is C31H28Cl2N4O6S. The number of nitrogens with zero attached hydrogens (tertiary/aromatic N) is 2. The first-order valence-corrected chi connectivity index (χ1v) is 15.3. The van der Waals surface area contributed by atoms with Crippen LogP contribution in [-0.4, -0.2) is 46.7 Å². The molecule has 0 saturated heterocycles. The molecule has 4 aromatic carbocycles. The van der Waals surface area contributed by atoms with Gasteiger partial charge in [-0.3, -0.25) is 13.9 Å². The average Bonchev–Trinajstić information content (AvgIpc) is 2.99. The first kappa shape index (κ1) is 32.3. The molecule has 0 unspecified atom stereocenters. The highest BCUT2D eigenvalue weighted by Gasteiger charge is 2.27. The van der Waals surface area contributed by atoms with Gasteiger partial charge in [-0.2, -0.15) is 5.10 Å². The van der Waals surface area contributed by atoms with Gasteiger partial charge in [0.2, 0.25) is 0 Å². The fraction of sp³-hybridized carbons (Fsp3) is 0.129. The van der Waals surface area contributed by atoms with Crippen LogP contribution in [0.15, 0.2) is 101 Å². The quantitative estimate of drug-likeness (QED) is 0.150. The van der Waals surface area contributed by atoms with E-state index in [1.54, 1.807) is 67.8 Å². The summed E-state index contributed by atoms with van der Waals surface area (Å²) in [5.74, 6) is 0.101. The van der Waals surface area contributed by atoms with Gasteiger partial charge in [0.1, 0.15) is 18.0 Å². The maximum Gasteiger partial charge on any atom is 0.264 e. The van der Waals surface area contributed by atoms with Gasteiger partial charge in [-0.1, -0.05) is 40.9 Å².